The summed E-state index contributed by atoms with van der Waals surface area (Å²) < 4.78 is 13.9. The van der Waals surface area contributed by atoms with Gasteiger partial charge >= 0.3 is 0 Å². The molecule has 0 heterocycles. The lowest BCUT2D eigenvalue weighted by atomic mass is 9.98. The number of nitrogens with one attached hydrogen (secondary N) is 1. The van der Waals surface area contributed by atoms with E-state index in [1.165, 1.54) is 6.07 Å². The lowest BCUT2D eigenvalue weighted by Gasteiger charge is -2.20. The van der Waals surface area contributed by atoms with Crippen molar-refractivity contribution in [2.45, 2.75) is 12.5 Å². The summed E-state index contributed by atoms with van der Waals surface area (Å²) in [7, 11) is 3.94. The first-order valence-corrected chi connectivity index (χ1v) is 7.07. The van der Waals surface area contributed by atoms with Crippen LogP contribution in [0.1, 0.15) is 17.2 Å². The molecule has 21 heavy (non-hydrogen) atoms. The number of hydrogen-bond acceptors (Lipinski definition) is 3. The summed E-state index contributed by atoms with van der Waals surface area (Å²) in [6.07, 6.45) is 0.388. The molecule has 0 saturated heterocycles. The molecule has 1 unspecified atom stereocenters. The highest BCUT2D eigenvalue weighted by Gasteiger charge is 2.16. The SMILES string of the molecule is CN(C)c1cccc(C(Cc2c(F)cccc2Cl)NN)c1. The third-order valence-electron chi connectivity index (χ3n) is 3.46. The van der Waals surface area contributed by atoms with Crippen LogP contribution < -0.4 is 16.2 Å². The molecular weight excluding hydrogens is 289 g/mol. The smallest absolute Gasteiger partial charge is 0.127 e. The molecule has 112 valence electrons. The van der Waals surface area contributed by atoms with Crippen molar-refractivity contribution in [2.24, 2.45) is 5.84 Å². The molecule has 1 atom stereocenters. The summed E-state index contributed by atoms with van der Waals surface area (Å²) in [5.41, 5.74) is 5.26. The molecule has 0 aliphatic rings. The molecule has 2 aromatic carbocycles. The van der Waals surface area contributed by atoms with Crippen molar-refractivity contribution in [3.05, 3.63) is 64.4 Å². The van der Waals surface area contributed by atoms with Crippen molar-refractivity contribution in [1.29, 1.82) is 0 Å². The second-order valence-electron chi connectivity index (χ2n) is 5.11. The van der Waals surface area contributed by atoms with E-state index >= 15 is 0 Å². The lowest BCUT2D eigenvalue weighted by molar-refractivity contribution is 0.529. The highest BCUT2D eigenvalue weighted by molar-refractivity contribution is 6.31. The van der Waals surface area contributed by atoms with Crippen LogP contribution in [-0.4, -0.2) is 14.1 Å². The zero-order valence-corrected chi connectivity index (χ0v) is 12.9. The summed E-state index contributed by atoms with van der Waals surface area (Å²) >= 11 is 6.08. The van der Waals surface area contributed by atoms with Gasteiger partial charge in [0, 0.05) is 30.4 Å². The van der Waals surface area contributed by atoms with Crippen molar-refractivity contribution in [3.8, 4) is 0 Å². The highest BCUT2D eigenvalue weighted by atomic mass is 35.5. The van der Waals surface area contributed by atoms with Gasteiger partial charge in [0.05, 0.1) is 6.04 Å². The summed E-state index contributed by atoms with van der Waals surface area (Å²) in [5.74, 6) is 5.34. The topological polar surface area (TPSA) is 41.3 Å². The minimum absolute atomic E-state index is 0.209. The highest BCUT2D eigenvalue weighted by Crippen LogP contribution is 2.27. The first-order chi connectivity index (χ1) is 10.0. The molecule has 0 aromatic heterocycles. The Morgan fingerprint density at radius 1 is 1.24 bits per heavy atom. The van der Waals surface area contributed by atoms with E-state index in [9.17, 15) is 4.39 Å². The minimum atomic E-state index is -0.313. The molecule has 0 fully saturated rings. The van der Waals surface area contributed by atoms with Gasteiger partial charge in [0.1, 0.15) is 5.82 Å². The minimum Gasteiger partial charge on any atom is -0.378 e. The molecule has 2 rings (SSSR count). The van der Waals surface area contributed by atoms with Crippen molar-refractivity contribution in [3.63, 3.8) is 0 Å². The number of nitrogens with two attached hydrogens (primary N) is 1. The van der Waals surface area contributed by atoms with Gasteiger partial charge in [0.15, 0.2) is 0 Å². The van der Waals surface area contributed by atoms with Crippen LogP contribution in [0.5, 0.6) is 0 Å². The summed E-state index contributed by atoms with van der Waals surface area (Å²) in [6, 6.07) is 12.4. The number of hydrazine groups is 1. The van der Waals surface area contributed by atoms with Crippen LogP contribution in [-0.2, 0) is 6.42 Å². The van der Waals surface area contributed by atoms with E-state index in [0.29, 0.717) is 17.0 Å². The van der Waals surface area contributed by atoms with E-state index in [0.717, 1.165) is 11.3 Å². The number of benzene rings is 2. The number of nitrogens with zero attached hydrogens (tertiary/aromatic N) is 1. The largest absolute Gasteiger partial charge is 0.378 e. The van der Waals surface area contributed by atoms with Gasteiger partial charge in [-0.25, -0.2) is 4.39 Å². The molecule has 0 amide bonds. The normalized spacial score (nSPS) is 12.2. The fourth-order valence-electron chi connectivity index (χ4n) is 2.22. The molecule has 5 heteroatoms. The summed E-state index contributed by atoms with van der Waals surface area (Å²) in [6.45, 7) is 0. The van der Waals surface area contributed by atoms with Gasteiger partial charge in [0.25, 0.3) is 0 Å². The first kappa shape index (κ1) is 15.8. The third kappa shape index (κ3) is 3.73. The van der Waals surface area contributed by atoms with Gasteiger partial charge in [-0.15, -0.1) is 0 Å². The van der Waals surface area contributed by atoms with Crippen molar-refractivity contribution in [2.75, 3.05) is 19.0 Å². The van der Waals surface area contributed by atoms with Crippen molar-refractivity contribution < 1.29 is 4.39 Å². The molecule has 0 aliphatic carbocycles. The fourth-order valence-corrected chi connectivity index (χ4v) is 2.46. The molecule has 3 N–H and O–H groups in total. The van der Waals surface area contributed by atoms with Gasteiger partial charge in [-0.05, 0) is 36.2 Å². The van der Waals surface area contributed by atoms with E-state index in [4.69, 9.17) is 17.4 Å². The van der Waals surface area contributed by atoms with Crippen molar-refractivity contribution >= 4 is 17.3 Å². The van der Waals surface area contributed by atoms with Crippen LogP contribution in [0.2, 0.25) is 5.02 Å². The second-order valence-corrected chi connectivity index (χ2v) is 5.52. The fraction of sp³-hybridized carbons (Fsp3) is 0.250. The summed E-state index contributed by atoms with van der Waals surface area (Å²) in [5, 5.41) is 0.416. The van der Waals surface area contributed by atoms with E-state index in [-0.39, 0.29) is 11.9 Å². The predicted octanol–water partition coefficient (Wildman–Crippen LogP) is 3.29. The van der Waals surface area contributed by atoms with Gasteiger partial charge in [0.2, 0.25) is 0 Å². The Labute approximate surface area is 129 Å². The molecular formula is C16H19ClFN3. The monoisotopic (exact) mass is 307 g/mol. The Hall–Kier alpha value is -1.62. The van der Waals surface area contributed by atoms with Crippen LogP contribution in [0.15, 0.2) is 42.5 Å². The molecule has 0 radical (unpaired) electrons. The number of rotatable bonds is 5. The molecule has 3 nitrogen and oxygen atoms in total. The molecule has 0 aliphatic heterocycles. The average molecular weight is 308 g/mol. The van der Waals surface area contributed by atoms with Gasteiger partial charge in [-0.3, -0.25) is 11.3 Å². The Bertz CT molecular complexity index is 596. The quantitative estimate of drug-likeness (QED) is 0.658. The van der Waals surface area contributed by atoms with Crippen LogP contribution in [0, 0.1) is 5.82 Å². The van der Waals surface area contributed by atoms with E-state index < -0.39 is 0 Å². The number of anilines is 1. The second kappa shape index (κ2) is 6.89. The van der Waals surface area contributed by atoms with Gasteiger partial charge in [-0.1, -0.05) is 29.8 Å². The Balaban J connectivity index is 2.30. The summed E-state index contributed by atoms with van der Waals surface area (Å²) in [4.78, 5) is 2.01. The number of hydrogen-bond donors (Lipinski definition) is 2. The van der Waals surface area contributed by atoms with Crippen molar-refractivity contribution in [1.82, 2.24) is 5.43 Å². The van der Waals surface area contributed by atoms with E-state index in [1.807, 2.05) is 43.3 Å². The maximum Gasteiger partial charge on any atom is 0.127 e. The Morgan fingerprint density at radius 2 is 1.95 bits per heavy atom. The number of halogens is 2. The van der Waals surface area contributed by atoms with Crippen LogP contribution >= 0.6 is 11.6 Å². The molecule has 0 spiro atoms. The third-order valence-corrected chi connectivity index (χ3v) is 3.81. The first-order valence-electron chi connectivity index (χ1n) is 6.69. The zero-order valence-electron chi connectivity index (χ0n) is 12.1. The standard InChI is InChI=1S/C16H19ClFN3/c1-21(2)12-6-3-5-11(9-12)16(20-19)10-13-14(17)7-4-8-15(13)18/h3-9,16,20H,10,19H2,1-2H3. The van der Waals surface area contributed by atoms with Crippen LogP contribution in [0.3, 0.4) is 0 Å². The Kier molecular flexibility index (Phi) is 5.17. The van der Waals surface area contributed by atoms with E-state index in [1.54, 1.807) is 12.1 Å². The van der Waals surface area contributed by atoms with Crippen LogP contribution in [0.4, 0.5) is 10.1 Å². The molecule has 0 saturated carbocycles. The average Bonchev–Trinajstić information content (AvgIpc) is 2.47. The predicted molar refractivity (Wildman–Crippen MR) is 85.9 cm³/mol. The Morgan fingerprint density at radius 3 is 2.57 bits per heavy atom. The van der Waals surface area contributed by atoms with Gasteiger partial charge in [-0.2, -0.15) is 0 Å². The zero-order chi connectivity index (χ0) is 15.4. The van der Waals surface area contributed by atoms with Crippen LogP contribution in [0.25, 0.3) is 0 Å². The lowest BCUT2D eigenvalue weighted by Crippen LogP contribution is -2.30. The maximum atomic E-state index is 13.9. The molecule has 0 bridgehead atoms. The molecule has 2 aromatic rings. The van der Waals surface area contributed by atoms with E-state index in [2.05, 4.69) is 5.43 Å². The van der Waals surface area contributed by atoms with Gasteiger partial charge < -0.3 is 4.90 Å². The maximum absolute atomic E-state index is 13.9.